The number of carbonyl (C=O) groups excluding carboxylic acids is 2. The molecule has 1 unspecified atom stereocenters. The molecule has 23 heavy (non-hydrogen) atoms. The number of nitrogens with zero attached hydrogens (tertiary/aromatic N) is 1. The van der Waals surface area contributed by atoms with Gasteiger partial charge >= 0.3 is 6.09 Å². The summed E-state index contributed by atoms with van der Waals surface area (Å²) < 4.78 is 9.94. The SMILES string of the molecule is NC(=O)c1cc(COC(=O)NCC2CNCCC23CCC3)on1. The van der Waals surface area contributed by atoms with Gasteiger partial charge in [-0.25, -0.2) is 4.79 Å². The summed E-state index contributed by atoms with van der Waals surface area (Å²) in [4.78, 5) is 22.7. The van der Waals surface area contributed by atoms with E-state index in [2.05, 4.69) is 15.8 Å². The van der Waals surface area contributed by atoms with Crippen LogP contribution in [0.3, 0.4) is 0 Å². The van der Waals surface area contributed by atoms with Crippen molar-refractivity contribution < 1.29 is 18.8 Å². The fraction of sp³-hybridized carbons (Fsp3) is 0.667. The highest BCUT2D eigenvalue weighted by molar-refractivity contribution is 5.90. The number of nitrogens with two attached hydrogens (primary N) is 1. The Labute approximate surface area is 134 Å². The quantitative estimate of drug-likeness (QED) is 0.737. The first-order valence-corrected chi connectivity index (χ1v) is 7.96. The van der Waals surface area contributed by atoms with Crippen molar-refractivity contribution in [2.24, 2.45) is 17.1 Å². The number of hydrogen-bond donors (Lipinski definition) is 3. The number of amides is 2. The average molecular weight is 322 g/mol. The molecule has 2 fully saturated rings. The molecule has 2 aliphatic rings. The summed E-state index contributed by atoms with van der Waals surface area (Å²) in [6.07, 6.45) is 4.48. The Hall–Kier alpha value is -2.09. The molecule has 0 bridgehead atoms. The van der Waals surface area contributed by atoms with Crippen LogP contribution in [-0.2, 0) is 11.3 Å². The smallest absolute Gasteiger partial charge is 0.407 e. The van der Waals surface area contributed by atoms with Crippen LogP contribution in [-0.4, -0.2) is 36.8 Å². The summed E-state index contributed by atoms with van der Waals surface area (Å²) in [5.41, 5.74) is 5.49. The van der Waals surface area contributed by atoms with E-state index < -0.39 is 12.0 Å². The summed E-state index contributed by atoms with van der Waals surface area (Å²) in [6.45, 7) is 2.52. The van der Waals surface area contributed by atoms with Gasteiger partial charge in [-0.3, -0.25) is 4.79 Å². The van der Waals surface area contributed by atoms with Gasteiger partial charge in [-0.2, -0.15) is 0 Å². The number of piperidine rings is 1. The highest BCUT2D eigenvalue weighted by Crippen LogP contribution is 2.50. The van der Waals surface area contributed by atoms with Crippen molar-refractivity contribution in [1.29, 1.82) is 0 Å². The van der Waals surface area contributed by atoms with Gasteiger partial charge in [-0.05, 0) is 37.1 Å². The van der Waals surface area contributed by atoms with Crippen molar-refractivity contribution in [3.63, 3.8) is 0 Å². The molecule has 8 heteroatoms. The zero-order valence-electron chi connectivity index (χ0n) is 13.0. The fourth-order valence-corrected chi connectivity index (χ4v) is 3.50. The molecule has 4 N–H and O–H groups in total. The maximum atomic E-state index is 11.8. The minimum Gasteiger partial charge on any atom is -0.441 e. The zero-order valence-corrected chi connectivity index (χ0v) is 13.0. The third-order valence-corrected chi connectivity index (χ3v) is 5.06. The van der Waals surface area contributed by atoms with Crippen molar-refractivity contribution in [2.45, 2.75) is 32.3 Å². The Morgan fingerprint density at radius 3 is 2.96 bits per heavy atom. The van der Waals surface area contributed by atoms with Gasteiger partial charge in [0, 0.05) is 19.2 Å². The van der Waals surface area contributed by atoms with Gasteiger partial charge in [0.15, 0.2) is 18.1 Å². The largest absolute Gasteiger partial charge is 0.441 e. The van der Waals surface area contributed by atoms with E-state index in [1.807, 2.05) is 0 Å². The van der Waals surface area contributed by atoms with Gasteiger partial charge in [0.1, 0.15) is 0 Å². The van der Waals surface area contributed by atoms with Gasteiger partial charge in [0.25, 0.3) is 5.91 Å². The number of hydrogen-bond acceptors (Lipinski definition) is 6. The molecular weight excluding hydrogens is 300 g/mol. The molecule has 1 aliphatic heterocycles. The Bertz CT molecular complexity index is 582. The molecule has 3 rings (SSSR count). The summed E-state index contributed by atoms with van der Waals surface area (Å²) in [7, 11) is 0. The number of rotatable bonds is 5. The number of carbonyl (C=O) groups is 2. The van der Waals surface area contributed by atoms with Crippen LogP contribution >= 0.6 is 0 Å². The van der Waals surface area contributed by atoms with E-state index in [4.69, 9.17) is 15.0 Å². The number of primary amides is 1. The number of nitrogens with one attached hydrogen (secondary N) is 2. The van der Waals surface area contributed by atoms with Gasteiger partial charge in [0.2, 0.25) is 0 Å². The molecule has 126 valence electrons. The molecule has 1 spiro atoms. The molecule has 1 aromatic rings. The minimum absolute atomic E-state index is 0.0178. The highest BCUT2D eigenvalue weighted by Gasteiger charge is 2.45. The summed E-state index contributed by atoms with van der Waals surface area (Å²) in [5.74, 6) is 0.0492. The van der Waals surface area contributed by atoms with E-state index >= 15 is 0 Å². The van der Waals surface area contributed by atoms with Crippen molar-refractivity contribution in [2.75, 3.05) is 19.6 Å². The lowest BCUT2D eigenvalue weighted by molar-refractivity contribution is 0.0169. The average Bonchev–Trinajstić information content (AvgIpc) is 2.99. The Morgan fingerprint density at radius 1 is 1.48 bits per heavy atom. The van der Waals surface area contributed by atoms with Crippen molar-refractivity contribution in [3.8, 4) is 0 Å². The van der Waals surface area contributed by atoms with Crippen molar-refractivity contribution >= 4 is 12.0 Å². The third-order valence-electron chi connectivity index (χ3n) is 5.06. The van der Waals surface area contributed by atoms with E-state index in [9.17, 15) is 9.59 Å². The lowest BCUT2D eigenvalue weighted by atomic mass is 9.58. The first-order chi connectivity index (χ1) is 11.1. The lowest BCUT2D eigenvalue weighted by Crippen LogP contribution is -2.52. The maximum absolute atomic E-state index is 11.8. The van der Waals surface area contributed by atoms with Gasteiger partial charge < -0.3 is 25.6 Å². The fourth-order valence-electron chi connectivity index (χ4n) is 3.50. The van der Waals surface area contributed by atoms with Crippen LogP contribution < -0.4 is 16.4 Å². The second-order valence-corrected chi connectivity index (χ2v) is 6.37. The third kappa shape index (κ3) is 3.47. The summed E-state index contributed by atoms with van der Waals surface area (Å²) in [6, 6.07) is 1.37. The van der Waals surface area contributed by atoms with Crippen molar-refractivity contribution in [1.82, 2.24) is 15.8 Å². The van der Waals surface area contributed by atoms with Gasteiger partial charge in [0.05, 0.1) is 0 Å². The first-order valence-electron chi connectivity index (χ1n) is 7.96. The van der Waals surface area contributed by atoms with E-state index in [0.29, 0.717) is 17.9 Å². The van der Waals surface area contributed by atoms with Crippen LogP contribution in [0.2, 0.25) is 0 Å². The Morgan fingerprint density at radius 2 is 2.30 bits per heavy atom. The summed E-state index contributed by atoms with van der Waals surface area (Å²) >= 11 is 0. The second kappa shape index (κ2) is 6.57. The predicted molar refractivity (Wildman–Crippen MR) is 80.5 cm³/mol. The Balaban J connectivity index is 1.43. The molecule has 0 aromatic carbocycles. The van der Waals surface area contributed by atoms with Crippen LogP contribution in [0.1, 0.15) is 41.9 Å². The number of alkyl carbamates (subject to hydrolysis) is 1. The normalized spacial score (nSPS) is 22.3. The topological polar surface area (TPSA) is 119 Å². The number of ether oxygens (including phenoxy) is 1. The van der Waals surface area contributed by atoms with E-state index in [1.54, 1.807) is 0 Å². The standard InChI is InChI=1S/C15H22N4O4/c16-13(20)12-6-11(23-19-12)9-22-14(21)18-8-10-7-17-5-4-15(10)2-1-3-15/h6,10,17H,1-5,7-9H2,(H2,16,20)(H,18,21). The van der Waals surface area contributed by atoms with Crippen LogP contribution in [0.5, 0.6) is 0 Å². The monoisotopic (exact) mass is 322 g/mol. The van der Waals surface area contributed by atoms with Gasteiger partial charge in [-0.15, -0.1) is 0 Å². The van der Waals surface area contributed by atoms with E-state index in [1.165, 1.54) is 31.7 Å². The van der Waals surface area contributed by atoms with E-state index in [0.717, 1.165) is 13.1 Å². The summed E-state index contributed by atoms with van der Waals surface area (Å²) in [5, 5.41) is 9.70. The minimum atomic E-state index is -0.681. The van der Waals surface area contributed by atoms with Crippen LogP contribution in [0.15, 0.2) is 10.6 Å². The highest BCUT2D eigenvalue weighted by atomic mass is 16.6. The second-order valence-electron chi connectivity index (χ2n) is 6.37. The number of aromatic nitrogens is 1. The molecule has 1 saturated carbocycles. The molecule has 1 saturated heterocycles. The molecule has 0 radical (unpaired) electrons. The van der Waals surface area contributed by atoms with E-state index in [-0.39, 0.29) is 18.1 Å². The molecule has 1 aromatic heterocycles. The predicted octanol–water partition coefficient (Wildman–Crippen LogP) is 0.779. The molecule has 1 atom stereocenters. The van der Waals surface area contributed by atoms with Gasteiger partial charge in [-0.1, -0.05) is 11.6 Å². The maximum Gasteiger partial charge on any atom is 0.407 e. The molecular formula is C15H22N4O4. The molecule has 2 amide bonds. The van der Waals surface area contributed by atoms with Crippen LogP contribution in [0.25, 0.3) is 0 Å². The first kappa shape index (κ1) is 15.8. The van der Waals surface area contributed by atoms with Crippen LogP contribution in [0, 0.1) is 11.3 Å². The zero-order chi connectivity index (χ0) is 16.3. The molecule has 2 heterocycles. The Kier molecular flexibility index (Phi) is 4.51. The van der Waals surface area contributed by atoms with Crippen molar-refractivity contribution in [3.05, 3.63) is 17.5 Å². The molecule has 8 nitrogen and oxygen atoms in total. The van der Waals surface area contributed by atoms with Crippen LogP contribution in [0.4, 0.5) is 4.79 Å². The molecule has 1 aliphatic carbocycles. The lowest BCUT2D eigenvalue weighted by Gasteiger charge is -2.51.